The first-order valence-electron chi connectivity index (χ1n) is 7.62. The summed E-state index contributed by atoms with van der Waals surface area (Å²) in [6.45, 7) is 6.38. The van der Waals surface area contributed by atoms with Crippen LogP contribution in [0.25, 0.3) is 11.4 Å². The third-order valence-corrected chi connectivity index (χ3v) is 4.40. The van der Waals surface area contributed by atoms with Crippen molar-refractivity contribution in [2.75, 3.05) is 0 Å². The normalized spacial score (nSPS) is 19.8. The van der Waals surface area contributed by atoms with Gasteiger partial charge < -0.3 is 10.7 Å². The van der Waals surface area contributed by atoms with Gasteiger partial charge in [0.15, 0.2) is 5.69 Å². The van der Waals surface area contributed by atoms with Crippen LogP contribution in [0.2, 0.25) is 0 Å². The molecule has 0 bridgehead atoms. The molecular weight excluding hydrogens is 294 g/mol. The molecule has 1 aliphatic carbocycles. The highest BCUT2D eigenvalue weighted by Gasteiger charge is 2.41. The Labute approximate surface area is 133 Å². The lowest BCUT2D eigenvalue weighted by molar-refractivity contribution is 0.0994. The van der Waals surface area contributed by atoms with E-state index in [0.717, 1.165) is 17.7 Å². The summed E-state index contributed by atoms with van der Waals surface area (Å²) in [4.78, 5) is 29.3. The number of nitrogens with zero attached hydrogens (tertiary/aromatic N) is 3. The van der Waals surface area contributed by atoms with E-state index < -0.39 is 11.5 Å². The van der Waals surface area contributed by atoms with Gasteiger partial charge in [-0.15, -0.1) is 5.10 Å². The lowest BCUT2D eigenvalue weighted by atomic mass is 10.0. The summed E-state index contributed by atoms with van der Waals surface area (Å²) >= 11 is 0. The van der Waals surface area contributed by atoms with Crippen molar-refractivity contribution in [3.05, 3.63) is 39.6 Å². The van der Waals surface area contributed by atoms with Crippen LogP contribution in [0.5, 0.6) is 0 Å². The molecule has 0 aromatic carbocycles. The standard InChI is InChI=1S/C16H19N5O2/c1-7(2)9-4-11(9)10-5-12(21-20-8(10)3)13-6-18-16(23)14(19-13)15(17)22/h5-7,9,11H,4H2,1-3H3,(H2,17,22)(H,18,23)/t9-,11+/m1/s1. The summed E-state index contributed by atoms with van der Waals surface area (Å²) in [6, 6.07) is 1.95. The van der Waals surface area contributed by atoms with Gasteiger partial charge in [0.2, 0.25) is 0 Å². The van der Waals surface area contributed by atoms with Crippen molar-refractivity contribution in [2.45, 2.75) is 33.1 Å². The second-order valence-corrected chi connectivity index (χ2v) is 6.35. The molecule has 2 heterocycles. The second kappa shape index (κ2) is 5.57. The second-order valence-electron chi connectivity index (χ2n) is 6.35. The molecule has 23 heavy (non-hydrogen) atoms. The summed E-state index contributed by atoms with van der Waals surface area (Å²) in [5, 5.41) is 8.34. The predicted molar refractivity (Wildman–Crippen MR) is 84.8 cm³/mol. The van der Waals surface area contributed by atoms with Gasteiger partial charge in [0.25, 0.3) is 11.5 Å². The lowest BCUT2D eigenvalue weighted by Crippen LogP contribution is -2.25. The molecule has 0 aliphatic heterocycles. The van der Waals surface area contributed by atoms with Crippen LogP contribution in [-0.4, -0.2) is 26.1 Å². The van der Waals surface area contributed by atoms with Gasteiger partial charge in [-0.1, -0.05) is 13.8 Å². The largest absolute Gasteiger partial charge is 0.364 e. The number of carbonyl (C=O) groups is 1. The summed E-state index contributed by atoms with van der Waals surface area (Å²) in [5.41, 5.74) is 7.21. The minimum Gasteiger partial charge on any atom is -0.364 e. The maximum Gasteiger partial charge on any atom is 0.279 e. The van der Waals surface area contributed by atoms with Crippen LogP contribution >= 0.6 is 0 Å². The van der Waals surface area contributed by atoms with Crippen LogP contribution in [-0.2, 0) is 0 Å². The van der Waals surface area contributed by atoms with Gasteiger partial charge in [-0.25, -0.2) is 4.98 Å². The van der Waals surface area contributed by atoms with Gasteiger partial charge in [0, 0.05) is 6.20 Å². The summed E-state index contributed by atoms with van der Waals surface area (Å²) in [7, 11) is 0. The number of aromatic nitrogens is 4. The highest BCUT2D eigenvalue weighted by molar-refractivity contribution is 5.90. The number of aromatic amines is 1. The molecule has 0 unspecified atom stereocenters. The molecule has 7 heteroatoms. The molecule has 0 saturated heterocycles. The minimum absolute atomic E-state index is 0.321. The fraction of sp³-hybridized carbons (Fsp3) is 0.438. The first-order valence-corrected chi connectivity index (χ1v) is 7.62. The number of H-pyrrole nitrogens is 1. The third-order valence-electron chi connectivity index (χ3n) is 4.40. The molecule has 1 saturated carbocycles. The molecule has 0 radical (unpaired) electrons. The lowest BCUT2D eigenvalue weighted by Gasteiger charge is -2.08. The molecular formula is C16H19N5O2. The van der Waals surface area contributed by atoms with Gasteiger partial charge in [-0.05, 0) is 42.7 Å². The van der Waals surface area contributed by atoms with Crippen LogP contribution in [0.3, 0.4) is 0 Å². The third kappa shape index (κ3) is 2.86. The van der Waals surface area contributed by atoms with Crippen LogP contribution < -0.4 is 11.3 Å². The zero-order valence-corrected chi connectivity index (χ0v) is 13.3. The van der Waals surface area contributed by atoms with E-state index in [1.54, 1.807) is 0 Å². The summed E-state index contributed by atoms with van der Waals surface area (Å²) in [6.07, 6.45) is 2.57. The Kier molecular flexibility index (Phi) is 3.71. The van der Waals surface area contributed by atoms with E-state index in [2.05, 4.69) is 34.0 Å². The van der Waals surface area contributed by atoms with Crippen molar-refractivity contribution in [1.82, 2.24) is 20.2 Å². The van der Waals surface area contributed by atoms with E-state index in [1.807, 2.05) is 13.0 Å². The Bertz CT molecular complexity index is 827. The van der Waals surface area contributed by atoms with Gasteiger partial charge in [0.1, 0.15) is 11.4 Å². The van der Waals surface area contributed by atoms with Crippen LogP contribution in [0.4, 0.5) is 0 Å². The van der Waals surface area contributed by atoms with Gasteiger partial charge >= 0.3 is 0 Å². The molecule has 1 amide bonds. The summed E-state index contributed by atoms with van der Waals surface area (Å²) in [5.74, 6) is 0.914. The maximum absolute atomic E-state index is 11.5. The molecule has 2 atom stereocenters. The Morgan fingerprint density at radius 2 is 2.09 bits per heavy atom. The molecule has 3 rings (SSSR count). The Balaban J connectivity index is 2.00. The van der Waals surface area contributed by atoms with Gasteiger partial charge in [-0.2, -0.15) is 5.10 Å². The quantitative estimate of drug-likeness (QED) is 0.885. The molecule has 0 spiro atoms. The van der Waals surface area contributed by atoms with Crippen molar-refractivity contribution < 1.29 is 4.79 Å². The minimum atomic E-state index is -0.865. The van der Waals surface area contributed by atoms with Crippen molar-refractivity contribution in [1.29, 1.82) is 0 Å². The zero-order chi connectivity index (χ0) is 16.7. The SMILES string of the molecule is Cc1nnc(-c2c[nH]c(=O)c(C(N)=O)n2)cc1[C@H]1C[C@@H]1C(C)C. The number of rotatable bonds is 4. The van der Waals surface area contributed by atoms with E-state index >= 15 is 0 Å². The highest BCUT2D eigenvalue weighted by Crippen LogP contribution is 2.52. The van der Waals surface area contributed by atoms with Crippen molar-refractivity contribution in [3.63, 3.8) is 0 Å². The van der Waals surface area contributed by atoms with E-state index in [-0.39, 0.29) is 5.69 Å². The zero-order valence-electron chi connectivity index (χ0n) is 13.3. The molecule has 2 aromatic rings. The number of aryl methyl sites for hydroxylation is 1. The van der Waals surface area contributed by atoms with Crippen LogP contribution in [0.1, 0.15) is 47.9 Å². The number of nitrogens with one attached hydrogen (secondary N) is 1. The van der Waals surface area contributed by atoms with Crippen LogP contribution in [0.15, 0.2) is 17.1 Å². The molecule has 1 fully saturated rings. The number of carbonyl (C=O) groups excluding carboxylic acids is 1. The maximum atomic E-state index is 11.5. The topological polar surface area (TPSA) is 115 Å². The Morgan fingerprint density at radius 3 is 2.70 bits per heavy atom. The van der Waals surface area contributed by atoms with Gasteiger partial charge in [0.05, 0.1) is 5.69 Å². The van der Waals surface area contributed by atoms with E-state index in [4.69, 9.17) is 5.73 Å². The predicted octanol–water partition coefficient (Wildman–Crippen LogP) is 1.39. The van der Waals surface area contributed by atoms with Crippen molar-refractivity contribution in [2.24, 2.45) is 17.6 Å². The van der Waals surface area contributed by atoms with Gasteiger partial charge in [-0.3, -0.25) is 9.59 Å². The summed E-state index contributed by atoms with van der Waals surface area (Å²) < 4.78 is 0. The van der Waals surface area contributed by atoms with Crippen molar-refractivity contribution >= 4 is 5.91 Å². The number of primary amides is 1. The Hall–Kier alpha value is -2.57. The highest BCUT2D eigenvalue weighted by atomic mass is 16.2. The molecule has 7 nitrogen and oxygen atoms in total. The van der Waals surface area contributed by atoms with E-state index in [0.29, 0.717) is 29.1 Å². The van der Waals surface area contributed by atoms with Crippen LogP contribution in [0, 0.1) is 18.8 Å². The Morgan fingerprint density at radius 1 is 1.35 bits per heavy atom. The monoisotopic (exact) mass is 313 g/mol. The number of nitrogens with two attached hydrogens (primary N) is 1. The molecule has 2 aromatic heterocycles. The molecule has 1 aliphatic rings. The first-order chi connectivity index (χ1) is 10.9. The average Bonchev–Trinajstić information content (AvgIpc) is 3.28. The molecule has 120 valence electrons. The average molecular weight is 313 g/mol. The molecule has 3 N–H and O–H groups in total. The van der Waals surface area contributed by atoms with E-state index in [1.165, 1.54) is 6.20 Å². The smallest absolute Gasteiger partial charge is 0.279 e. The number of hydrogen-bond donors (Lipinski definition) is 2. The number of amides is 1. The first kappa shape index (κ1) is 15.3. The number of hydrogen-bond acceptors (Lipinski definition) is 5. The fourth-order valence-electron chi connectivity index (χ4n) is 2.98. The van der Waals surface area contributed by atoms with E-state index in [9.17, 15) is 9.59 Å². The fourth-order valence-corrected chi connectivity index (χ4v) is 2.98. The van der Waals surface area contributed by atoms with Crippen molar-refractivity contribution in [3.8, 4) is 11.4 Å².